The molecule has 3 heteroatoms. The van der Waals surface area contributed by atoms with Gasteiger partial charge in [0.05, 0.1) is 0 Å². The van der Waals surface area contributed by atoms with E-state index in [2.05, 4.69) is 37.2 Å². The van der Waals surface area contributed by atoms with Crippen molar-refractivity contribution in [3.8, 4) is 0 Å². The van der Waals surface area contributed by atoms with Crippen LogP contribution in [0.1, 0.15) is 33.1 Å². The van der Waals surface area contributed by atoms with E-state index in [0.29, 0.717) is 17.9 Å². The van der Waals surface area contributed by atoms with Crippen molar-refractivity contribution in [2.24, 2.45) is 11.8 Å². The van der Waals surface area contributed by atoms with E-state index in [1.807, 2.05) is 6.08 Å². The van der Waals surface area contributed by atoms with Crippen molar-refractivity contribution in [1.29, 1.82) is 0 Å². The van der Waals surface area contributed by atoms with Gasteiger partial charge in [0.1, 0.15) is 0 Å². The summed E-state index contributed by atoms with van der Waals surface area (Å²) in [6.07, 6.45) is 5.35. The molecule has 1 saturated heterocycles. The first-order valence-corrected chi connectivity index (χ1v) is 7.82. The Morgan fingerprint density at radius 1 is 1.37 bits per heavy atom. The number of piperidine rings is 1. The zero-order valence-corrected chi connectivity index (χ0v) is 13.3. The lowest BCUT2D eigenvalue weighted by Crippen LogP contribution is -2.46. The number of hydrogen-bond acceptors (Lipinski definition) is 2. The summed E-state index contributed by atoms with van der Waals surface area (Å²) in [4.78, 5) is 2.62. The van der Waals surface area contributed by atoms with Gasteiger partial charge in [-0.15, -0.1) is 6.58 Å². The quantitative estimate of drug-likeness (QED) is 0.685. The number of halogens is 1. The summed E-state index contributed by atoms with van der Waals surface area (Å²) in [5.41, 5.74) is 0. The smallest absolute Gasteiger partial charge is 0.0156 e. The molecule has 1 unspecified atom stereocenters. The van der Waals surface area contributed by atoms with Gasteiger partial charge in [-0.05, 0) is 38.3 Å². The van der Waals surface area contributed by atoms with Crippen LogP contribution in [0, 0.1) is 11.8 Å². The van der Waals surface area contributed by atoms with E-state index < -0.39 is 0 Å². The molecule has 0 aromatic carbocycles. The van der Waals surface area contributed by atoms with Crippen LogP contribution in [0.5, 0.6) is 0 Å². The Morgan fingerprint density at radius 3 is 2.47 bits per heavy atom. The van der Waals surface area contributed by atoms with Gasteiger partial charge in [-0.1, -0.05) is 38.1 Å². The van der Waals surface area contributed by atoms with Gasteiger partial charge in [0.15, 0.2) is 0 Å². The molecule has 1 heterocycles. The highest BCUT2D eigenvalue weighted by Gasteiger charge is 2.24. The molecular formula is C16H29ClN2. The second-order valence-electron chi connectivity index (χ2n) is 6.00. The lowest BCUT2D eigenvalue weighted by atomic mass is 9.98. The molecule has 0 bridgehead atoms. The average Bonchev–Trinajstić information content (AvgIpc) is 2.37. The van der Waals surface area contributed by atoms with Gasteiger partial charge in [-0.3, -0.25) is 4.90 Å². The molecule has 0 aliphatic carbocycles. The third kappa shape index (κ3) is 6.11. The van der Waals surface area contributed by atoms with Crippen LogP contribution in [0.2, 0.25) is 0 Å². The highest BCUT2D eigenvalue weighted by Crippen LogP contribution is 2.23. The van der Waals surface area contributed by atoms with Crippen LogP contribution in [-0.4, -0.2) is 37.1 Å². The van der Waals surface area contributed by atoms with Crippen molar-refractivity contribution in [3.63, 3.8) is 0 Å². The monoisotopic (exact) mass is 284 g/mol. The molecule has 1 fully saturated rings. The Balaban J connectivity index is 2.65. The van der Waals surface area contributed by atoms with Gasteiger partial charge in [-0.2, -0.15) is 0 Å². The molecule has 2 nitrogen and oxygen atoms in total. The maximum absolute atomic E-state index is 6.16. The zero-order valence-electron chi connectivity index (χ0n) is 12.5. The lowest BCUT2D eigenvalue weighted by Gasteiger charge is -2.37. The zero-order chi connectivity index (χ0) is 14.3. The number of hydrogen-bond donors (Lipinski definition) is 1. The van der Waals surface area contributed by atoms with E-state index in [-0.39, 0.29) is 0 Å². The minimum Gasteiger partial charge on any atom is -0.317 e. The van der Waals surface area contributed by atoms with Crippen LogP contribution < -0.4 is 5.32 Å². The summed E-state index contributed by atoms with van der Waals surface area (Å²) >= 11 is 6.16. The van der Waals surface area contributed by atoms with E-state index in [1.54, 1.807) is 0 Å². The summed E-state index contributed by atoms with van der Waals surface area (Å²) < 4.78 is 0. The fourth-order valence-electron chi connectivity index (χ4n) is 2.80. The van der Waals surface area contributed by atoms with Crippen molar-refractivity contribution >= 4 is 11.6 Å². The van der Waals surface area contributed by atoms with Crippen molar-refractivity contribution in [2.75, 3.05) is 26.2 Å². The molecule has 1 rings (SSSR count). The second kappa shape index (κ2) is 8.78. The minimum absolute atomic E-state index is 0.327. The third-order valence-electron chi connectivity index (χ3n) is 3.77. The fraction of sp³-hybridized carbons (Fsp3) is 0.750. The maximum atomic E-state index is 6.16. The summed E-state index contributed by atoms with van der Waals surface area (Å²) in [6, 6.07) is 0.687. The predicted octanol–water partition coefficient (Wildman–Crippen LogP) is 3.64. The Hall–Kier alpha value is -0.310. The Labute approximate surface area is 123 Å². The van der Waals surface area contributed by atoms with Crippen LogP contribution in [0.3, 0.4) is 0 Å². The van der Waals surface area contributed by atoms with Crippen LogP contribution in [0.4, 0.5) is 0 Å². The molecule has 0 saturated carbocycles. The molecule has 0 aromatic rings. The topological polar surface area (TPSA) is 15.3 Å². The molecule has 110 valence electrons. The molecule has 1 aliphatic heterocycles. The Kier molecular flexibility index (Phi) is 7.74. The van der Waals surface area contributed by atoms with Gasteiger partial charge < -0.3 is 5.32 Å². The van der Waals surface area contributed by atoms with Crippen molar-refractivity contribution in [1.82, 2.24) is 10.2 Å². The van der Waals surface area contributed by atoms with Crippen molar-refractivity contribution in [2.45, 2.75) is 39.2 Å². The van der Waals surface area contributed by atoms with E-state index in [4.69, 9.17) is 11.6 Å². The number of rotatable bonds is 8. The standard InChI is InChI=1S/C16H29ClN2/c1-5-6-15(14(4)17)12-19(11-13(2)3)16-7-9-18-10-8-16/h5,13,15-16,18H,1,4,6-12H2,2-3H3. The average molecular weight is 285 g/mol. The predicted molar refractivity (Wildman–Crippen MR) is 85.6 cm³/mol. The fourth-order valence-corrected chi connectivity index (χ4v) is 2.96. The molecule has 0 radical (unpaired) electrons. The first-order valence-electron chi connectivity index (χ1n) is 7.44. The highest BCUT2D eigenvalue weighted by atomic mass is 35.5. The van der Waals surface area contributed by atoms with E-state index in [1.165, 1.54) is 12.8 Å². The lowest BCUT2D eigenvalue weighted by molar-refractivity contribution is 0.131. The molecular weight excluding hydrogens is 256 g/mol. The van der Waals surface area contributed by atoms with Gasteiger partial charge in [0.2, 0.25) is 0 Å². The molecule has 0 spiro atoms. The maximum Gasteiger partial charge on any atom is 0.0156 e. The molecule has 19 heavy (non-hydrogen) atoms. The van der Waals surface area contributed by atoms with Gasteiger partial charge in [0.25, 0.3) is 0 Å². The van der Waals surface area contributed by atoms with Crippen LogP contribution in [0.15, 0.2) is 24.3 Å². The van der Waals surface area contributed by atoms with E-state index in [9.17, 15) is 0 Å². The molecule has 1 N–H and O–H groups in total. The van der Waals surface area contributed by atoms with Crippen LogP contribution in [0.25, 0.3) is 0 Å². The summed E-state index contributed by atoms with van der Waals surface area (Å²) in [6.45, 7) is 16.7. The molecule has 1 atom stereocenters. The first-order chi connectivity index (χ1) is 9.04. The van der Waals surface area contributed by atoms with Gasteiger partial charge in [0, 0.05) is 30.1 Å². The van der Waals surface area contributed by atoms with E-state index in [0.717, 1.165) is 37.6 Å². The summed E-state index contributed by atoms with van der Waals surface area (Å²) in [5.74, 6) is 1.01. The van der Waals surface area contributed by atoms with Crippen LogP contribution in [-0.2, 0) is 0 Å². The van der Waals surface area contributed by atoms with E-state index >= 15 is 0 Å². The number of nitrogens with one attached hydrogen (secondary N) is 1. The normalized spacial score (nSPS) is 18.8. The SMILES string of the molecule is C=CCC(CN(CC(C)C)C1CCNCC1)C(=C)Cl. The minimum atomic E-state index is 0.327. The molecule has 0 aromatic heterocycles. The van der Waals surface area contributed by atoms with Crippen molar-refractivity contribution < 1.29 is 0 Å². The van der Waals surface area contributed by atoms with Crippen LogP contribution >= 0.6 is 11.6 Å². The van der Waals surface area contributed by atoms with Crippen molar-refractivity contribution in [3.05, 3.63) is 24.3 Å². The third-order valence-corrected chi connectivity index (χ3v) is 4.08. The Morgan fingerprint density at radius 2 is 2.00 bits per heavy atom. The highest BCUT2D eigenvalue weighted by molar-refractivity contribution is 6.29. The summed E-state index contributed by atoms with van der Waals surface area (Å²) in [7, 11) is 0. The van der Waals surface area contributed by atoms with Gasteiger partial charge >= 0.3 is 0 Å². The second-order valence-corrected chi connectivity index (χ2v) is 6.48. The number of allylic oxidation sites excluding steroid dienone is 1. The number of nitrogens with zero attached hydrogens (tertiary/aromatic N) is 1. The largest absolute Gasteiger partial charge is 0.317 e. The molecule has 0 amide bonds. The van der Waals surface area contributed by atoms with Gasteiger partial charge in [-0.25, -0.2) is 0 Å². The summed E-state index contributed by atoms with van der Waals surface area (Å²) in [5, 5.41) is 4.20. The first kappa shape index (κ1) is 16.7. The molecule has 1 aliphatic rings. The Bertz CT molecular complexity index is 282.